The summed E-state index contributed by atoms with van der Waals surface area (Å²) in [4.78, 5) is 16.1. The van der Waals surface area contributed by atoms with Crippen LogP contribution in [-0.4, -0.2) is 16.9 Å². The third kappa shape index (κ3) is 4.28. The summed E-state index contributed by atoms with van der Waals surface area (Å²) in [7, 11) is 0. The Morgan fingerprint density at radius 1 is 1.43 bits per heavy atom. The molecular weight excluding hydrogens is 307 g/mol. The minimum atomic E-state index is -0.189. The number of nitrogens with one attached hydrogen (secondary N) is 1. The SMILES string of the molecule is O=C(Cc1csc(SCc2ccccc2F)n1)NC1CC1. The fourth-order valence-corrected chi connectivity index (χ4v) is 3.69. The lowest BCUT2D eigenvalue weighted by Crippen LogP contribution is -2.27. The molecule has 1 heterocycles. The van der Waals surface area contributed by atoms with Gasteiger partial charge in [0.05, 0.1) is 12.1 Å². The van der Waals surface area contributed by atoms with Gasteiger partial charge in [0.1, 0.15) is 10.2 Å². The Morgan fingerprint density at radius 3 is 3.00 bits per heavy atom. The smallest absolute Gasteiger partial charge is 0.226 e. The van der Waals surface area contributed by atoms with E-state index in [2.05, 4.69) is 10.3 Å². The standard InChI is InChI=1S/C15H15FN2OS2/c16-13-4-2-1-3-10(13)8-20-15-18-12(9-21-15)7-14(19)17-11-5-6-11/h1-4,9,11H,5-8H2,(H,17,19). The van der Waals surface area contributed by atoms with Crippen LogP contribution in [0.25, 0.3) is 0 Å². The van der Waals surface area contributed by atoms with Crippen LogP contribution in [0.15, 0.2) is 34.0 Å². The van der Waals surface area contributed by atoms with Crippen molar-refractivity contribution in [1.29, 1.82) is 0 Å². The first-order valence-corrected chi connectivity index (χ1v) is 8.67. The summed E-state index contributed by atoms with van der Waals surface area (Å²) in [5.41, 5.74) is 1.46. The first-order valence-electron chi connectivity index (χ1n) is 6.80. The average Bonchev–Trinajstić information content (AvgIpc) is 3.16. The third-order valence-electron chi connectivity index (χ3n) is 3.12. The highest BCUT2D eigenvalue weighted by molar-refractivity contribution is 8.00. The molecule has 2 aromatic rings. The van der Waals surface area contributed by atoms with E-state index in [9.17, 15) is 9.18 Å². The van der Waals surface area contributed by atoms with E-state index in [0.29, 0.717) is 23.8 Å². The summed E-state index contributed by atoms with van der Waals surface area (Å²) in [5, 5.41) is 4.85. The number of hydrogen-bond acceptors (Lipinski definition) is 4. The maximum Gasteiger partial charge on any atom is 0.226 e. The van der Waals surface area contributed by atoms with Crippen LogP contribution in [0.2, 0.25) is 0 Å². The Bertz CT molecular complexity index is 640. The topological polar surface area (TPSA) is 42.0 Å². The second-order valence-electron chi connectivity index (χ2n) is 5.00. The number of thiazole rings is 1. The summed E-state index contributed by atoms with van der Waals surface area (Å²) >= 11 is 3.00. The molecule has 1 aliphatic carbocycles. The molecule has 1 aromatic carbocycles. The van der Waals surface area contributed by atoms with Gasteiger partial charge in [-0.3, -0.25) is 4.79 Å². The fourth-order valence-electron chi connectivity index (χ4n) is 1.86. The molecule has 1 fully saturated rings. The molecule has 0 spiro atoms. The fraction of sp³-hybridized carbons (Fsp3) is 0.333. The Morgan fingerprint density at radius 2 is 2.24 bits per heavy atom. The minimum absolute atomic E-state index is 0.0356. The number of rotatable bonds is 6. The van der Waals surface area contributed by atoms with Crippen molar-refractivity contribution in [2.75, 3.05) is 0 Å². The molecule has 1 N–H and O–H groups in total. The van der Waals surface area contributed by atoms with Gasteiger partial charge >= 0.3 is 0 Å². The molecular formula is C15H15FN2OS2. The highest BCUT2D eigenvalue weighted by Gasteiger charge is 2.23. The maximum atomic E-state index is 13.5. The Balaban J connectivity index is 1.52. The zero-order valence-corrected chi connectivity index (χ0v) is 13.0. The summed E-state index contributed by atoms with van der Waals surface area (Å²) in [5.74, 6) is 0.396. The van der Waals surface area contributed by atoms with Crippen molar-refractivity contribution in [2.45, 2.75) is 35.4 Å². The number of hydrogen-bond donors (Lipinski definition) is 1. The molecule has 0 atom stereocenters. The minimum Gasteiger partial charge on any atom is -0.353 e. The largest absolute Gasteiger partial charge is 0.353 e. The van der Waals surface area contributed by atoms with Crippen LogP contribution in [-0.2, 0) is 17.0 Å². The van der Waals surface area contributed by atoms with Crippen molar-refractivity contribution in [1.82, 2.24) is 10.3 Å². The molecule has 3 rings (SSSR count). The van der Waals surface area contributed by atoms with E-state index in [1.54, 1.807) is 12.1 Å². The normalized spacial score (nSPS) is 14.1. The highest BCUT2D eigenvalue weighted by atomic mass is 32.2. The second kappa shape index (κ2) is 6.58. The van der Waals surface area contributed by atoms with Gasteiger partial charge in [0, 0.05) is 17.2 Å². The number of nitrogens with zero attached hydrogens (tertiary/aromatic N) is 1. The molecule has 0 unspecified atom stereocenters. The lowest BCUT2D eigenvalue weighted by atomic mass is 10.2. The van der Waals surface area contributed by atoms with Crippen molar-refractivity contribution in [2.24, 2.45) is 0 Å². The van der Waals surface area contributed by atoms with Gasteiger partial charge in [0.15, 0.2) is 0 Å². The molecule has 6 heteroatoms. The average molecular weight is 322 g/mol. The van der Waals surface area contributed by atoms with Crippen molar-refractivity contribution < 1.29 is 9.18 Å². The van der Waals surface area contributed by atoms with E-state index in [4.69, 9.17) is 0 Å². The van der Waals surface area contributed by atoms with E-state index < -0.39 is 0 Å². The van der Waals surface area contributed by atoms with Crippen LogP contribution in [0.1, 0.15) is 24.1 Å². The van der Waals surface area contributed by atoms with E-state index >= 15 is 0 Å². The Hall–Kier alpha value is -1.40. The van der Waals surface area contributed by atoms with Crippen molar-refractivity contribution >= 4 is 29.0 Å². The highest BCUT2D eigenvalue weighted by Crippen LogP contribution is 2.27. The van der Waals surface area contributed by atoms with E-state index in [0.717, 1.165) is 22.9 Å². The number of halogens is 1. The van der Waals surface area contributed by atoms with Gasteiger partial charge in [-0.2, -0.15) is 0 Å². The summed E-state index contributed by atoms with van der Waals surface area (Å²) < 4.78 is 14.4. The molecule has 21 heavy (non-hydrogen) atoms. The molecule has 0 bridgehead atoms. The molecule has 1 aromatic heterocycles. The molecule has 3 nitrogen and oxygen atoms in total. The monoisotopic (exact) mass is 322 g/mol. The number of carbonyl (C=O) groups excluding carboxylic acids is 1. The zero-order valence-electron chi connectivity index (χ0n) is 11.3. The lowest BCUT2D eigenvalue weighted by Gasteiger charge is -2.01. The summed E-state index contributed by atoms with van der Waals surface area (Å²) in [6.07, 6.45) is 2.51. The van der Waals surface area contributed by atoms with Crippen molar-refractivity contribution in [3.8, 4) is 0 Å². The zero-order chi connectivity index (χ0) is 14.7. The van der Waals surface area contributed by atoms with E-state index in [1.807, 2.05) is 11.4 Å². The summed E-state index contributed by atoms with van der Waals surface area (Å²) in [6.45, 7) is 0. The number of aromatic nitrogens is 1. The molecule has 1 amide bonds. The Kier molecular flexibility index (Phi) is 4.55. The number of amides is 1. The first-order chi connectivity index (χ1) is 10.2. The quantitative estimate of drug-likeness (QED) is 0.829. The Labute approximate surface area is 131 Å². The van der Waals surface area contributed by atoms with Crippen LogP contribution in [0.4, 0.5) is 4.39 Å². The lowest BCUT2D eigenvalue weighted by molar-refractivity contribution is -0.120. The predicted octanol–water partition coefficient (Wildman–Crippen LogP) is 3.40. The van der Waals surface area contributed by atoms with Crippen LogP contribution in [0, 0.1) is 5.82 Å². The van der Waals surface area contributed by atoms with Gasteiger partial charge in [0.25, 0.3) is 0 Å². The van der Waals surface area contributed by atoms with Crippen molar-refractivity contribution in [3.05, 3.63) is 46.7 Å². The molecule has 1 saturated carbocycles. The number of thioether (sulfide) groups is 1. The molecule has 110 valence electrons. The van der Waals surface area contributed by atoms with Gasteiger partial charge in [-0.1, -0.05) is 30.0 Å². The summed E-state index contributed by atoms with van der Waals surface area (Å²) in [6, 6.07) is 7.13. The molecule has 0 saturated heterocycles. The van der Waals surface area contributed by atoms with Crippen LogP contribution in [0.3, 0.4) is 0 Å². The van der Waals surface area contributed by atoms with Gasteiger partial charge < -0.3 is 5.32 Å². The second-order valence-corrected chi connectivity index (χ2v) is 7.08. The van der Waals surface area contributed by atoms with Crippen LogP contribution < -0.4 is 5.32 Å². The van der Waals surface area contributed by atoms with Gasteiger partial charge in [-0.25, -0.2) is 9.37 Å². The van der Waals surface area contributed by atoms with Crippen LogP contribution >= 0.6 is 23.1 Å². The van der Waals surface area contributed by atoms with Crippen LogP contribution in [0.5, 0.6) is 0 Å². The number of benzene rings is 1. The third-order valence-corrected chi connectivity index (χ3v) is 5.24. The molecule has 0 radical (unpaired) electrons. The molecule has 1 aliphatic rings. The first kappa shape index (κ1) is 14.5. The maximum absolute atomic E-state index is 13.5. The molecule has 0 aliphatic heterocycles. The van der Waals surface area contributed by atoms with Gasteiger partial charge in [-0.15, -0.1) is 11.3 Å². The van der Waals surface area contributed by atoms with E-state index in [-0.39, 0.29) is 11.7 Å². The van der Waals surface area contributed by atoms with Gasteiger partial charge in [-0.05, 0) is 24.5 Å². The van der Waals surface area contributed by atoms with Gasteiger partial charge in [0.2, 0.25) is 5.91 Å². The van der Waals surface area contributed by atoms with Crippen molar-refractivity contribution in [3.63, 3.8) is 0 Å². The predicted molar refractivity (Wildman–Crippen MR) is 82.9 cm³/mol. The number of carbonyl (C=O) groups is 1. The van der Waals surface area contributed by atoms with E-state index in [1.165, 1.54) is 29.2 Å².